The van der Waals surface area contributed by atoms with Crippen LogP contribution >= 0.6 is 15.9 Å². The Labute approximate surface area is 89.0 Å². The van der Waals surface area contributed by atoms with Gasteiger partial charge in [-0.1, -0.05) is 0 Å². The van der Waals surface area contributed by atoms with Gasteiger partial charge in [-0.25, -0.2) is 0 Å². The minimum Gasteiger partial charge on any atom is -0.495 e. The second-order valence-corrected chi connectivity index (χ2v) is 3.47. The van der Waals surface area contributed by atoms with Gasteiger partial charge in [0.15, 0.2) is 0 Å². The third-order valence-electron chi connectivity index (χ3n) is 1.63. The summed E-state index contributed by atoms with van der Waals surface area (Å²) in [6.45, 7) is 0. The van der Waals surface area contributed by atoms with Crippen molar-refractivity contribution in [3.05, 3.63) is 22.4 Å². The SMILES string of the molecule is COc1cc(Br)cnc1[C@H](N)C(=O)O. The number of carboxylic acid groups (broad SMARTS) is 1. The number of hydrogen-bond donors (Lipinski definition) is 2. The molecule has 0 aliphatic heterocycles. The van der Waals surface area contributed by atoms with E-state index >= 15 is 0 Å². The van der Waals surface area contributed by atoms with Crippen molar-refractivity contribution in [3.8, 4) is 5.75 Å². The lowest BCUT2D eigenvalue weighted by atomic mass is 10.2. The highest BCUT2D eigenvalue weighted by molar-refractivity contribution is 9.10. The molecule has 0 saturated heterocycles. The zero-order valence-electron chi connectivity index (χ0n) is 7.40. The van der Waals surface area contributed by atoms with E-state index in [1.165, 1.54) is 13.3 Å². The third kappa shape index (κ3) is 2.21. The van der Waals surface area contributed by atoms with Crippen molar-refractivity contribution in [2.75, 3.05) is 7.11 Å². The van der Waals surface area contributed by atoms with Crippen LogP contribution in [0, 0.1) is 0 Å². The van der Waals surface area contributed by atoms with E-state index in [1.54, 1.807) is 6.07 Å². The molecule has 1 rings (SSSR count). The number of carbonyl (C=O) groups is 1. The van der Waals surface area contributed by atoms with E-state index in [-0.39, 0.29) is 5.69 Å². The van der Waals surface area contributed by atoms with Crippen LogP contribution in [-0.4, -0.2) is 23.2 Å². The Hall–Kier alpha value is -1.14. The minimum atomic E-state index is -1.17. The number of carboxylic acids is 1. The quantitative estimate of drug-likeness (QED) is 0.845. The van der Waals surface area contributed by atoms with Gasteiger partial charge < -0.3 is 15.6 Å². The van der Waals surface area contributed by atoms with Gasteiger partial charge in [0, 0.05) is 10.7 Å². The molecular formula is C8H9BrN2O3. The van der Waals surface area contributed by atoms with Crippen LogP contribution in [0.2, 0.25) is 0 Å². The standard InChI is InChI=1S/C8H9BrN2O3/c1-14-5-2-4(9)3-11-7(5)6(10)8(12)13/h2-3,6H,10H2,1H3,(H,12,13)/t6-/m0/s1. The summed E-state index contributed by atoms with van der Waals surface area (Å²) in [7, 11) is 1.43. The Morgan fingerprint density at radius 3 is 2.93 bits per heavy atom. The van der Waals surface area contributed by atoms with Gasteiger partial charge in [0.05, 0.1) is 7.11 Å². The van der Waals surface area contributed by atoms with Gasteiger partial charge in [-0.15, -0.1) is 0 Å². The first kappa shape index (κ1) is 10.9. The molecule has 1 aromatic rings. The molecule has 14 heavy (non-hydrogen) atoms. The molecule has 0 bridgehead atoms. The summed E-state index contributed by atoms with van der Waals surface area (Å²) in [6.07, 6.45) is 1.47. The summed E-state index contributed by atoms with van der Waals surface area (Å²) in [4.78, 5) is 14.5. The van der Waals surface area contributed by atoms with E-state index in [9.17, 15) is 4.79 Å². The summed E-state index contributed by atoms with van der Waals surface area (Å²) >= 11 is 3.19. The fraction of sp³-hybridized carbons (Fsp3) is 0.250. The molecule has 3 N–H and O–H groups in total. The highest BCUT2D eigenvalue weighted by atomic mass is 79.9. The van der Waals surface area contributed by atoms with E-state index in [4.69, 9.17) is 15.6 Å². The lowest BCUT2D eigenvalue weighted by molar-refractivity contribution is -0.138. The van der Waals surface area contributed by atoms with Crippen molar-refractivity contribution in [1.82, 2.24) is 4.98 Å². The average molecular weight is 261 g/mol. The van der Waals surface area contributed by atoms with Crippen LogP contribution in [0.4, 0.5) is 0 Å². The summed E-state index contributed by atoms with van der Waals surface area (Å²) in [5.74, 6) is -0.785. The van der Waals surface area contributed by atoms with Gasteiger partial charge in [0.25, 0.3) is 0 Å². The zero-order chi connectivity index (χ0) is 10.7. The molecule has 1 aromatic heterocycles. The number of nitrogens with two attached hydrogens (primary N) is 1. The summed E-state index contributed by atoms with van der Waals surface area (Å²) in [6, 6.07) is 0.448. The summed E-state index contributed by atoms with van der Waals surface area (Å²) < 4.78 is 5.67. The van der Waals surface area contributed by atoms with E-state index in [0.29, 0.717) is 10.2 Å². The Kier molecular flexibility index (Phi) is 3.43. The van der Waals surface area contributed by atoms with E-state index < -0.39 is 12.0 Å². The topological polar surface area (TPSA) is 85.4 Å². The molecule has 1 atom stereocenters. The highest BCUT2D eigenvalue weighted by Gasteiger charge is 2.20. The molecule has 0 aliphatic carbocycles. The van der Waals surface area contributed by atoms with Crippen molar-refractivity contribution in [2.45, 2.75) is 6.04 Å². The second-order valence-electron chi connectivity index (χ2n) is 2.56. The monoisotopic (exact) mass is 260 g/mol. The van der Waals surface area contributed by atoms with Crippen LogP contribution < -0.4 is 10.5 Å². The molecule has 0 fully saturated rings. The predicted octanol–water partition coefficient (Wildman–Crippen LogP) is 0.937. The normalized spacial score (nSPS) is 12.2. The zero-order valence-corrected chi connectivity index (χ0v) is 8.98. The van der Waals surface area contributed by atoms with Crippen molar-refractivity contribution in [3.63, 3.8) is 0 Å². The van der Waals surface area contributed by atoms with Gasteiger partial charge in [-0.05, 0) is 22.0 Å². The number of aromatic nitrogens is 1. The van der Waals surface area contributed by atoms with Crippen molar-refractivity contribution in [1.29, 1.82) is 0 Å². The van der Waals surface area contributed by atoms with Crippen molar-refractivity contribution in [2.24, 2.45) is 5.73 Å². The highest BCUT2D eigenvalue weighted by Crippen LogP contribution is 2.24. The fourth-order valence-corrected chi connectivity index (χ4v) is 1.26. The molecule has 5 nitrogen and oxygen atoms in total. The van der Waals surface area contributed by atoms with Crippen molar-refractivity contribution >= 4 is 21.9 Å². The van der Waals surface area contributed by atoms with Crippen LogP contribution in [0.25, 0.3) is 0 Å². The Morgan fingerprint density at radius 1 is 1.79 bits per heavy atom. The molecule has 0 aromatic carbocycles. The summed E-state index contributed by atoms with van der Waals surface area (Å²) in [5.41, 5.74) is 5.62. The Bertz CT molecular complexity index is 356. The predicted molar refractivity (Wildman–Crippen MR) is 53.1 cm³/mol. The molecule has 0 spiro atoms. The first-order chi connectivity index (χ1) is 6.56. The average Bonchev–Trinajstić information content (AvgIpc) is 2.16. The van der Waals surface area contributed by atoms with Gasteiger partial charge in [0.2, 0.25) is 0 Å². The lowest BCUT2D eigenvalue weighted by Crippen LogP contribution is -2.22. The molecule has 0 aliphatic rings. The molecule has 0 amide bonds. The fourth-order valence-electron chi connectivity index (χ4n) is 0.945. The number of aliphatic carboxylic acids is 1. The van der Waals surface area contributed by atoms with Gasteiger partial charge >= 0.3 is 5.97 Å². The van der Waals surface area contributed by atoms with E-state index in [1.807, 2.05) is 0 Å². The molecule has 1 heterocycles. The number of rotatable bonds is 3. The van der Waals surface area contributed by atoms with E-state index in [0.717, 1.165) is 0 Å². The maximum Gasteiger partial charge on any atom is 0.326 e. The maximum absolute atomic E-state index is 10.6. The molecule has 0 radical (unpaired) electrons. The number of hydrogen-bond acceptors (Lipinski definition) is 4. The number of halogens is 1. The number of nitrogens with zero attached hydrogens (tertiary/aromatic N) is 1. The van der Waals surface area contributed by atoms with E-state index in [2.05, 4.69) is 20.9 Å². The molecule has 0 unspecified atom stereocenters. The minimum absolute atomic E-state index is 0.211. The smallest absolute Gasteiger partial charge is 0.326 e. The Balaban J connectivity index is 3.13. The largest absolute Gasteiger partial charge is 0.495 e. The lowest BCUT2D eigenvalue weighted by Gasteiger charge is -2.10. The number of methoxy groups -OCH3 is 1. The molecular weight excluding hydrogens is 252 g/mol. The molecule has 76 valence electrons. The second kappa shape index (κ2) is 4.39. The van der Waals surface area contributed by atoms with Crippen LogP contribution in [-0.2, 0) is 4.79 Å². The van der Waals surface area contributed by atoms with Crippen LogP contribution in [0.5, 0.6) is 5.75 Å². The van der Waals surface area contributed by atoms with Gasteiger partial charge in [-0.3, -0.25) is 9.78 Å². The van der Waals surface area contributed by atoms with Gasteiger partial charge in [0.1, 0.15) is 17.5 Å². The van der Waals surface area contributed by atoms with Crippen LogP contribution in [0.15, 0.2) is 16.7 Å². The molecule has 0 saturated carbocycles. The number of pyridine rings is 1. The van der Waals surface area contributed by atoms with Crippen LogP contribution in [0.1, 0.15) is 11.7 Å². The van der Waals surface area contributed by atoms with Gasteiger partial charge in [-0.2, -0.15) is 0 Å². The van der Waals surface area contributed by atoms with Crippen LogP contribution in [0.3, 0.4) is 0 Å². The maximum atomic E-state index is 10.6. The Morgan fingerprint density at radius 2 is 2.43 bits per heavy atom. The number of ether oxygens (including phenoxy) is 1. The van der Waals surface area contributed by atoms with Crippen molar-refractivity contribution < 1.29 is 14.6 Å². The first-order valence-corrected chi connectivity index (χ1v) is 4.53. The molecule has 6 heteroatoms. The third-order valence-corrected chi connectivity index (χ3v) is 2.06. The first-order valence-electron chi connectivity index (χ1n) is 3.74. The summed E-state index contributed by atoms with van der Waals surface area (Å²) in [5, 5.41) is 8.69.